The van der Waals surface area contributed by atoms with E-state index >= 15 is 0 Å². The molecular weight excluding hydrogens is 1460 g/mol. The van der Waals surface area contributed by atoms with Crippen LogP contribution in [0.25, 0.3) is 0 Å². The zero-order valence-corrected chi connectivity index (χ0v) is 69.1. The normalized spacial score (nSPS) is 22.8. The third-order valence-electron chi connectivity index (χ3n) is 21.6. The summed E-state index contributed by atoms with van der Waals surface area (Å²) in [5.41, 5.74) is -2.03. The second-order valence-corrected chi connectivity index (χ2v) is 32.2. The first kappa shape index (κ1) is 93.3. The maximum atomic E-state index is 12.5. The number of H-pyrrole nitrogens is 2. The number of carbonyl (C=O) groups excluding carboxylic acids is 11. The molecule has 8 heterocycles. The van der Waals surface area contributed by atoms with Gasteiger partial charge in [0.2, 0.25) is 11.8 Å². The number of fused-ring (bicyclic) bond motifs is 1. The summed E-state index contributed by atoms with van der Waals surface area (Å²) >= 11 is 0. The summed E-state index contributed by atoms with van der Waals surface area (Å²) < 4.78 is 0.828. The third kappa shape index (κ3) is 21.1. The summed E-state index contributed by atoms with van der Waals surface area (Å²) in [7, 11) is 0. The summed E-state index contributed by atoms with van der Waals surface area (Å²) in [4.78, 5) is 176. The van der Waals surface area contributed by atoms with E-state index in [9.17, 15) is 67.1 Å². The van der Waals surface area contributed by atoms with Gasteiger partial charge in [0.25, 0.3) is 23.6 Å². The average Bonchev–Trinajstić information content (AvgIpc) is 1.62. The number of carbonyl (C=O) groups is 11. The first-order chi connectivity index (χ1) is 53.1. The van der Waals surface area contributed by atoms with Gasteiger partial charge in [0.15, 0.2) is 0 Å². The zero-order valence-electron chi connectivity index (χ0n) is 69.1. The average molecular weight is 1580 g/mol. The van der Waals surface area contributed by atoms with Gasteiger partial charge in [-0.2, -0.15) is 0 Å². The van der Waals surface area contributed by atoms with Gasteiger partial charge in [-0.3, -0.25) is 69.0 Å². The SMILES string of the molecule is C=CCN1C(=O)C(C)(C)NC1C.C=CCN1C(=O)NC(=O)C1(C)C.C=CCN1C(=O)NC(C)(C)C1(C)C.C=CCN1C(=O)NC(C)(Cc2ccc(C)cc2)C1=O.C=CCN1C(=O)NC2(CCCC2)C1=O.C=CCN1C(=O)NC2(CCc3ccccc3C2)C1=O.C=CCN1C(C)(C)NC(=O)C1(C)C.C=CCn1c(=O)[nH]c(=O)[nH]c1=O. The van der Waals surface area contributed by atoms with Gasteiger partial charge in [0.1, 0.15) is 22.2 Å². The number of aryl methyl sites for hydroxylation is 2. The van der Waals surface area contributed by atoms with Gasteiger partial charge in [0.05, 0.1) is 40.5 Å². The smallest absolute Gasteiger partial charge is 0.333 e. The number of aromatic amines is 2. The molecule has 8 fully saturated rings. The molecular formula is C83H119N17O14. The second kappa shape index (κ2) is 38.0. The topological polar surface area (TPSA) is 382 Å². The number of benzene rings is 2. The molecule has 114 heavy (non-hydrogen) atoms. The molecule has 3 atom stereocenters. The number of nitrogens with zero attached hydrogens (tertiary/aromatic N) is 8. The van der Waals surface area contributed by atoms with Gasteiger partial charge in [-0.05, 0) is 146 Å². The van der Waals surface area contributed by atoms with Gasteiger partial charge < -0.3 is 41.3 Å². The van der Waals surface area contributed by atoms with Crippen molar-refractivity contribution in [3.05, 3.63) is 203 Å². The Bertz CT molecular complexity index is 4350. The standard InChI is InChI=1S/C15H16N2O2.C15H18N2O2.C10H14N2O2.2C10H18N2O.C9H16N2O.C8H12N2O2.C6H7N3O3/c1-2-9-17-13(18)15(16-14(17)19)8-7-11-5-3-4-6-12(11)10-15;1-4-9-17-13(18)15(3,16-14(17)19)10-12-7-5-11(2)6-8-12;1-2-7-12-8(13)10(11-9(12)14)5-3-4-6-10;1-6-7-12-8(13)11-9(2,3)10(12,4)5;1-6-7-12-9(2,3)8(13)11-10(12,4)5;1-5-6-11-7(2)10-9(3,4)8(11)12;1-4-5-10-7(12)9-6(11)8(10,2)3;1-2-3-9-5(11)7-4(10)8-6(9)12/h2-6H,1,7-10H2,(H,16,19);4-8H,1,9-10H2,2-3H3,(H,16,19);2H,1,3-7H2,(H,11,14);2*6H,1,7H2,2-5H3,(H,11,13);5,7,10H,1,6H2,2-4H3;4H,1,5H2,2-3H3,(H,9,11,12);2H,1,3H2,(H2,7,8,10,11,12). The number of imide groups is 4. The van der Waals surface area contributed by atoms with E-state index in [-0.39, 0.29) is 108 Å². The molecule has 9 aliphatic rings. The van der Waals surface area contributed by atoms with Crippen LogP contribution in [-0.2, 0) is 54.6 Å². The number of hydrogen-bond acceptors (Lipinski definition) is 16. The van der Waals surface area contributed by atoms with Crippen LogP contribution < -0.4 is 54.3 Å². The molecule has 0 bridgehead atoms. The van der Waals surface area contributed by atoms with E-state index < -0.39 is 50.3 Å². The van der Waals surface area contributed by atoms with Crippen LogP contribution >= 0.6 is 0 Å². The first-order valence-corrected chi connectivity index (χ1v) is 37.9. The zero-order chi connectivity index (χ0) is 86.1. The fourth-order valence-electron chi connectivity index (χ4n) is 14.4. The third-order valence-corrected chi connectivity index (χ3v) is 21.6. The van der Waals surface area contributed by atoms with Gasteiger partial charge in [-0.1, -0.05) is 116 Å². The largest absolute Gasteiger partial charge is 0.337 e. The summed E-state index contributed by atoms with van der Waals surface area (Å²) in [5.74, 6) is -0.409. The molecule has 1 saturated carbocycles. The van der Waals surface area contributed by atoms with Crippen molar-refractivity contribution in [1.82, 2.24) is 86.1 Å². The van der Waals surface area contributed by atoms with Crippen molar-refractivity contribution in [3.63, 3.8) is 0 Å². The van der Waals surface area contributed by atoms with E-state index in [0.29, 0.717) is 45.4 Å². The van der Waals surface area contributed by atoms with Crippen LogP contribution in [0.15, 0.2) is 164 Å². The summed E-state index contributed by atoms with van der Waals surface area (Å²) in [5, 5.41) is 19.8. The minimum atomic E-state index is -0.866. The fourth-order valence-corrected chi connectivity index (χ4v) is 14.4. The number of amides is 16. The van der Waals surface area contributed by atoms with E-state index in [2.05, 4.69) is 115 Å². The summed E-state index contributed by atoms with van der Waals surface area (Å²) in [6.45, 7) is 60.8. The summed E-state index contributed by atoms with van der Waals surface area (Å²) in [6, 6.07) is 14.8. The number of nitrogens with one attached hydrogen (secondary N) is 9. The highest BCUT2D eigenvalue weighted by atomic mass is 16.2. The van der Waals surface area contributed by atoms with Crippen LogP contribution in [-0.4, -0.2) is 216 Å². The van der Waals surface area contributed by atoms with E-state index in [1.807, 2.05) is 128 Å². The van der Waals surface area contributed by atoms with E-state index in [0.717, 1.165) is 54.3 Å². The van der Waals surface area contributed by atoms with E-state index in [4.69, 9.17) is 0 Å². The molecule has 31 nitrogen and oxygen atoms in total. The molecule has 0 radical (unpaired) electrons. The number of allylic oxidation sites excluding steroid dienone is 1. The maximum Gasteiger partial charge on any atom is 0.333 e. The van der Waals surface area contributed by atoms with Crippen LogP contribution in [0, 0.1) is 6.92 Å². The van der Waals surface area contributed by atoms with Crippen molar-refractivity contribution in [2.75, 3.05) is 45.8 Å². The molecule has 2 spiro atoms. The van der Waals surface area contributed by atoms with Crippen molar-refractivity contribution in [2.45, 2.75) is 218 Å². The lowest BCUT2D eigenvalue weighted by atomic mass is 9.78. The Labute approximate surface area is 668 Å². The molecule has 12 rings (SSSR count). The van der Waals surface area contributed by atoms with Crippen LogP contribution in [0.4, 0.5) is 24.0 Å². The lowest BCUT2D eigenvalue weighted by Gasteiger charge is -2.38. The highest BCUT2D eigenvalue weighted by molar-refractivity contribution is 6.09. The lowest BCUT2D eigenvalue weighted by molar-refractivity contribution is -0.132. The Morgan fingerprint density at radius 1 is 0.447 bits per heavy atom. The van der Waals surface area contributed by atoms with Crippen LogP contribution in [0.5, 0.6) is 0 Å². The second-order valence-electron chi connectivity index (χ2n) is 32.2. The highest BCUT2D eigenvalue weighted by Crippen LogP contribution is 2.37. The Hall–Kier alpha value is -11.3. The van der Waals surface area contributed by atoms with Crippen molar-refractivity contribution in [1.29, 1.82) is 0 Å². The summed E-state index contributed by atoms with van der Waals surface area (Å²) in [6.07, 6.45) is 19.3. The van der Waals surface area contributed by atoms with Gasteiger partial charge in [0, 0.05) is 58.7 Å². The van der Waals surface area contributed by atoms with Crippen LogP contribution in [0.2, 0.25) is 0 Å². The number of rotatable bonds is 18. The molecule has 3 aromatic rings. The number of hydrogen-bond donors (Lipinski definition) is 9. The van der Waals surface area contributed by atoms with Crippen molar-refractivity contribution in [2.24, 2.45) is 0 Å². The molecule has 7 aliphatic heterocycles. The van der Waals surface area contributed by atoms with Crippen molar-refractivity contribution < 1.29 is 52.7 Å². The molecule has 620 valence electrons. The Kier molecular flexibility index (Phi) is 31.1. The fraction of sp³-hybridized carbons (Fsp3) is 0.494. The Morgan fingerprint density at radius 2 is 0.912 bits per heavy atom. The molecule has 1 aromatic heterocycles. The molecule has 2 aromatic carbocycles. The molecule has 16 amide bonds. The number of urea groups is 5. The molecule has 7 saturated heterocycles. The highest BCUT2D eigenvalue weighted by Gasteiger charge is 2.55. The van der Waals surface area contributed by atoms with E-state index in [1.54, 1.807) is 67.0 Å². The maximum absolute atomic E-state index is 12.5. The minimum absolute atomic E-state index is 0.00472. The Morgan fingerprint density at radius 3 is 1.35 bits per heavy atom. The molecule has 31 heteroatoms. The quantitative estimate of drug-likeness (QED) is 0.0447. The van der Waals surface area contributed by atoms with E-state index in [1.165, 1.54) is 36.8 Å². The predicted octanol–water partition coefficient (Wildman–Crippen LogP) is 7.24. The Balaban J connectivity index is 0.000000234. The molecule has 3 unspecified atom stereocenters. The lowest BCUT2D eigenvalue weighted by Crippen LogP contribution is -2.53. The van der Waals surface area contributed by atoms with Crippen molar-refractivity contribution in [3.8, 4) is 0 Å². The van der Waals surface area contributed by atoms with Crippen LogP contribution in [0.1, 0.15) is 151 Å². The molecule has 9 N–H and O–H groups in total. The monoisotopic (exact) mass is 1580 g/mol. The van der Waals surface area contributed by atoms with Gasteiger partial charge in [-0.25, -0.2) is 42.9 Å². The van der Waals surface area contributed by atoms with Crippen molar-refractivity contribution >= 4 is 65.6 Å². The van der Waals surface area contributed by atoms with Gasteiger partial charge in [-0.15, -0.1) is 52.6 Å². The predicted molar refractivity (Wildman–Crippen MR) is 439 cm³/mol. The first-order valence-electron chi connectivity index (χ1n) is 37.9. The minimum Gasteiger partial charge on any atom is -0.337 e. The van der Waals surface area contributed by atoms with Gasteiger partial charge >= 0.3 is 47.2 Å². The molecule has 2 aliphatic carbocycles. The number of aromatic nitrogens is 3. The van der Waals surface area contributed by atoms with Crippen LogP contribution in [0.3, 0.4) is 0 Å².